The second-order valence-electron chi connectivity index (χ2n) is 8.72. The second-order valence-corrected chi connectivity index (χ2v) is 8.72. The number of nitrogens with zero attached hydrogens (tertiary/aromatic N) is 1. The smallest absolute Gasteiger partial charge is 0.231 e. The Hall–Kier alpha value is -4.85. The number of ether oxygens (including phenoxy) is 5. The average molecular weight is 512 g/mol. The van der Waals surface area contributed by atoms with E-state index < -0.39 is 0 Å². The van der Waals surface area contributed by atoms with E-state index in [1.54, 1.807) is 53.7 Å². The number of hydrogen-bond donors (Lipinski definition) is 1. The summed E-state index contributed by atoms with van der Waals surface area (Å²) in [6.07, 6.45) is 0. The van der Waals surface area contributed by atoms with Gasteiger partial charge in [-0.3, -0.25) is 0 Å². The highest BCUT2D eigenvalue weighted by Crippen LogP contribution is 2.48. The van der Waals surface area contributed by atoms with Gasteiger partial charge in [0.2, 0.25) is 5.89 Å². The van der Waals surface area contributed by atoms with Gasteiger partial charge in [-0.25, -0.2) is 4.98 Å². The van der Waals surface area contributed by atoms with Gasteiger partial charge in [-0.2, -0.15) is 0 Å². The molecule has 0 radical (unpaired) electrons. The molecule has 0 atom stereocenters. The summed E-state index contributed by atoms with van der Waals surface area (Å²) in [6.45, 7) is 0. The van der Waals surface area contributed by atoms with E-state index in [9.17, 15) is 5.11 Å². The summed E-state index contributed by atoms with van der Waals surface area (Å²) in [5.74, 6) is 3.23. The van der Waals surface area contributed by atoms with E-state index in [0.29, 0.717) is 45.4 Å². The normalized spacial score (nSPS) is 11.4. The van der Waals surface area contributed by atoms with Crippen LogP contribution in [0.5, 0.6) is 34.5 Å². The molecule has 6 rings (SSSR count). The van der Waals surface area contributed by atoms with Crippen molar-refractivity contribution in [2.45, 2.75) is 0 Å². The van der Waals surface area contributed by atoms with Crippen molar-refractivity contribution in [2.75, 3.05) is 35.5 Å². The molecule has 0 aliphatic rings. The fourth-order valence-electron chi connectivity index (χ4n) is 5.09. The molecule has 192 valence electrons. The number of fused-ring (bicyclic) bond motifs is 8. The van der Waals surface area contributed by atoms with Crippen molar-refractivity contribution in [2.24, 2.45) is 0 Å². The van der Waals surface area contributed by atoms with Crippen LogP contribution in [0.25, 0.3) is 54.9 Å². The van der Waals surface area contributed by atoms with Crippen LogP contribution in [0.3, 0.4) is 0 Å². The van der Waals surface area contributed by atoms with E-state index in [4.69, 9.17) is 33.1 Å². The Bertz CT molecular complexity index is 1830. The highest BCUT2D eigenvalue weighted by atomic mass is 16.5. The molecule has 1 aromatic heterocycles. The maximum absolute atomic E-state index is 10.5. The first-order chi connectivity index (χ1) is 18.5. The van der Waals surface area contributed by atoms with Crippen LogP contribution in [0.4, 0.5) is 0 Å². The fourth-order valence-corrected chi connectivity index (χ4v) is 5.09. The zero-order chi connectivity index (χ0) is 26.6. The van der Waals surface area contributed by atoms with E-state index in [0.717, 1.165) is 32.3 Å². The molecule has 8 nitrogen and oxygen atoms in total. The monoisotopic (exact) mass is 511 g/mol. The maximum Gasteiger partial charge on any atom is 0.231 e. The van der Waals surface area contributed by atoms with Crippen molar-refractivity contribution < 1.29 is 33.2 Å². The van der Waals surface area contributed by atoms with E-state index in [1.165, 1.54) is 0 Å². The number of phenols is 1. The van der Waals surface area contributed by atoms with Crippen LogP contribution in [0.15, 0.2) is 59.0 Å². The van der Waals surface area contributed by atoms with Crippen LogP contribution < -0.4 is 23.7 Å². The summed E-state index contributed by atoms with van der Waals surface area (Å²) in [5.41, 5.74) is 1.54. The predicted octanol–water partition coefficient (Wildman–Crippen LogP) is 6.70. The van der Waals surface area contributed by atoms with E-state index in [2.05, 4.69) is 0 Å². The Morgan fingerprint density at radius 1 is 0.605 bits per heavy atom. The number of aromatic hydroxyl groups is 1. The number of methoxy groups -OCH3 is 5. The van der Waals surface area contributed by atoms with Crippen molar-refractivity contribution in [3.63, 3.8) is 0 Å². The number of rotatable bonds is 6. The van der Waals surface area contributed by atoms with Crippen LogP contribution in [-0.2, 0) is 0 Å². The zero-order valence-electron chi connectivity index (χ0n) is 21.5. The lowest BCUT2D eigenvalue weighted by atomic mass is 9.92. The van der Waals surface area contributed by atoms with Crippen molar-refractivity contribution in [1.29, 1.82) is 0 Å². The van der Waals surface area contributed by atoms with Crippen molar-refractivity contribution >= 4 is 43.4 Å². The van der Waals surface area contributed by atoms with Crippen molar-refractivity contribution in [3.05, 3.63) is 54.6 Å². The molecule has 0 saturated heterocycles. The lowest BCUT2D eigenvalue weighted by molar-refractivity contribution is 0.355. The van der Waals surface area contributed by atoms with Crippen LogP contribution >= 0.6 is 0 Å². The van der Waals surface area contributed by atoms with Crippen molar-refractivity contribution in [1.82, 2.24) is 4.98 Å². The summed E-state index contributed by atoms with van der Waals surface area (Å²) in [4.78, 5) is 4.88. The van der Waals surface area contributed by atoms with Gasteiger partial charge >= 0.3 is 0 Å². The molecule has 0 spiro atoms. The number of aromatic nitrogens is 1. The van der Waals surface area contributed by atoms with Gasteiger partial charge in [0.1, 0.15) is 11.3 Å². The number of benzene rings is 5. The topological polar surface area (TPSA) is 92.4 Å². The first-order valence-corrected chi connectivity index (χ1v) is 11.9. The van der Waals surface area contributed by atoms with Gasteiger partial charge in [-0.1, -0.05) is 12.1 Å². The minimum absolute atomic E-state index is 0.0703. The maximum atomic E-state index is 10.5. The van der Waals surface area contributed by atoms with Crippen LogP contribution in [-0.4, -0.2) is 45.6 Å². The third-order valence-electron chi connectivity index (χ3n) is 6.88. The van der Waals surface area contributed by atoms with Crippen molar-refractivity contribution in [3.8, 4) is 46.0 Å². The Balaban J connectivity index is 1.87. The Kier molecular flexibility index (Phi) is 5.52. The molecule has 6 aromatic rings. The zero-order valence-corrected chi connectivity index (χ0v) is 21.5. The third kappa shape index (κ3) is 3.33. The van der Waals surface area contributed by atoms with Gasteiger partial charge < -0.3 is 33.2 Å². The number of phenolic OH excluding ortho intramolecular Hbond substituents is 1. The SMILES string of the molecule is COc1cc2c3cc(OC)c(OC)cc3c3c(cc(OC)c4oc(-c5ccccc5O)nc43)c2cc1OC. The number of hydrogen-bond acceptors (Lipinski definition) is 8. The number of oxazole rings is 1. The molecule has 0 unspecified atom stereocenters. The molecule has 0 bridgehead atoms. The number of para-hydroxylation sites is 1. The molecule has 0 aliphatic carbocycles. The Labute approximate surface area is 217 Å². The summed E-state index contributed by atoms with van der Waals surface area (Å²) >= 11 is 0. The van der Waals surface area contributed by atoms with E-state index in [-0.39, 0.29) is 11.6 Å². The van der Waals surface area contributed by atoms with Gasteiger partial charge in [-0.15, -0.1) is 0 Å². The molecule has 0 fully saturated rings. The second kappa shape index (κ2) is 8.92. The summed E-state index contributed by atoms with van der Waals surface area (Å²) in [7, 11) is 8.01. The lowest BCUT2D eigenvalue weighted by Crippen LogP contribution is -1.95. The van der Waals surface area contributed by atoms with Crippen LogP contribution in [0.2, 0.25) is 0 Å². The Morgan fingerprint density at radius 2 is 1.05 bits per heavy atom. The summed E-state index contributed by atoms with van der Waals surface area (Å²) in [6, 6.07) is 16.6. The minimum Gasteiger partial charge on any atom is -0.507 e. The van der Waals surface area contributed by atoms with Gasteiger partial charge in [0.05, 0.1) is 41.1 Å². The van der Waals surface area contributed by atoms with Gasteiger partial charge in [-0.05, 0) is 69.4 Å². The van der Waals surface area contributed by atoms with Gasteiger partial charge in [0.25, 0.3) is 0 Å². The summed E-state index contributed by atoms with van der Waals surface area (Å²) < 4.78 is 34.6. The molecule has 0 amide bonds. The average Bonchev–Trinajstić information content (AvgIpc) is 3.40. The molecule has 8 heteroatoms. The largest absolute Gasteiger partial charge is 0.507 e. The first kappa shape index (κ1) is 23.5. The minimum atomic E-state index is 0.0703. The highest BCUT2D eigenvalue weighted by molar-refractivity contribution is 6.32. The first-order valence-electron chi connectivity index (χ1n) is 11.9. The molecular formula is C30H25NO7. The Morgan fingerprint density at radius 3 is 1.55 bits per heavy atom. The molecule has 0 aliphatic heterocycles. The third-order valence-corrected chi connectivity index (χ3v) is 6.88. The van der Waals surface area contributed by atoms with Crippen LogP contribution in [0, 0.1) is 0 Å². The molecule has 5 aromatic carbocycles. The summed E-state index contributed by atoms with van der Waals surface area (Å²) in [5, 5.41) is 15.8. The molecule has 1 N–H and O–H groups in total. The van der Waals surface area contributed by atoms with Crippen LogP contribution in [0.1, 0.15) is 0 Å². The van der Waals surface area contributed by atoms with Gasteiger partial charge in [0, 0.05) is 5.39 Å². The fraction of sp³-hybridized carbons (Fsp3) is 0.167. The van der Waals surface area contributed by atoms with Gasteiger partial charge in [0.15, 0.2) is 34.3 Å². The molecule has 0 saturated carbocycles. The van der Waals surface area contributed by atoms with E-state index >= 15 is 0 Å². The lowest BCUT2D eigenvalue weighted by Gasteiger charge is -2.17. The molecule has 38 heavy (non-hydrogen) atoms. The highest BCUT2D eigenvalue weighted by Gasteiger charge is 2.23. The quantitative estimate of drug-likeness (QED) is 0.247. The predicted molar refractivity (Wildman–Crippen MR) is 146 cm³/mol. The molecule has 1 heterocycles. The van der Waals surface area contributed by atoms with E-state index in [1.807, 2.05) is 36.4 Å². The standard InChI is InChI=1S/C30H25NO7/c1-33-22-10-16-17-11-24(35-3)25(36-4)13-19(17)27-20(18(16)12-23(22)34-2)14-26(37-5)29-28(27)31-30(38-29)15-8-6-7-9-21(15)32/h6-14,32H,1-5H3. The molecular weight excluding hydrogens is 486 g/mol.